The van der Waals surface area contributed by atoms with Gasteiger partial charge in [-0.1, -0.05) is 48.6 Å². The monoisotopic (exact) mass is 525 g/mol. The molecule has 3 aromatic carbocycles. The molecule has 1 heterocycles. The summed E-state index contributed by atoms with van der Waals surface area (Å²) in [5, 5.41) is 8.11. The maximum Gasteiger partial charge on any atom is 0.337 e. The van der Waals surface area contributed by atoms with E-state index in [1.54, 1.807) is 11.8 Å². The minimum absolute atomic E-state index is 0.0905. The highest BCUT2D eigenvalue weighted by molar-refractivity contribution is 7.99. The molecule has 38 heavy (non-hydrogen) atoms. The van der Waals surface area contributed by atoms with Crippen LogP contribution in [0.2, 0.25) is 0 Å². The fourth-order valence-corrected chi connectivity index (χ4v) is 6.01. The Kier molecular flexibility index (Phi) is 7.94. The van der Waals surface area contributed by atoms with E-state index in [-0.39, 0.29) is 23.8 Å². The molecule has 0 fully saturated rings. The van der Waals surface area contributed by atoms with E-state index in [9.17, 15) is 9.59 Å². The molecular weight excluding hydrogens is 494 g/mol. The molecule has 2 aliphatic rings. The number of carbonyl (C=O) groups is 2. The SMILES string of the molecule is COC(=O)c1ccc([C@@H]2Nc3ccc(/C(C)=N\NC(=O)CCSc4ccccc4)cc3[C@@H]3C=CC[C@@H]32)cc1. The summed E-state index contributed by atoms with van der Waals surface area (Å²) >= 11 is 1.66. The number of hydrazone groups is 1. The molecule has 1 aliphatic carbocycles. The largest absolute Gasteiger partial charge is 0.465 e. The van der Waals surface area contributed by atoms with E-state index in [2.05, 4.69) is 40.1 Å². The Labute approximate surface area is 227 Å². The minimum Gasteiger partial charge on any atom is -0.465 e. The van der Waals surface area contributed by atoms with Gasteiger partial charge in [-0.25, -0.2) is 10.2 Å². The van der Waals surface area contributed by atoms with Crippen molar-refractivity contribution >= 4 is 35.0 Å². The molecule has 5 rings (SSSR count). The highest BCUT2D eigenvalue weighted by Gasteiger charge is 2.38. The summed E-state index contributed by atoms with van der Waals surface area (Å²) in [7, 11) is 1.39. The molecule has 7 heteroatoms. The Balaban J connectivity index is 1.25. The van der Waals surface area contributed by atoms with Crippen LogP contribution in [0.15, 0.2) is 94.9 Å². The Morgan fingerprint density at radius 3 is 2.58 bits per heavy atom. The van der Waals surface area contributed by atoms with Crippen LogP contribution in [-0.4, -0.2) is 30.5 Å². The third-order valence-electron chi connectivity index (χ3n) is 7.16. The van der Waals surface area contributed by atoms with Gasteiger partial charge in [0.05, 0.1) is 24.4 Å². The molecule has 0 saturated carbocycles. The first kappa shape index (κ1) is 25.8. The summed E-state index contributed by atoms with van der Waals surface area (Å²) in [6.45, 7) is 1.92. The van der Waals surface area contributed by atoms with Gasteiger partial charge in [-0.2, -0.15) is 5.10 Å². The zero-order valence-electron chi connectivity index (χ0n) is 21.5. The highest BCUT2D eigenvalue weighted by atomic mass is 32.2. The van der Waals surface area contributed by atoms with E-state index in [4.69, 9.17) is 4.74 Å². The average molecular weight is 526 g/mol. The third kappa shape index (κ3) is 5.68. The molecule has 0 unspecified atom stereocenters. The summed E-state index contributed by atoms with van der Waals surface area (Å²) in [5.41, 5.74) is 8.51. The Hall–Kier alpha value is -3.84. The lowest BCUT2D eigenvalue weighted by molar-refractivity contribution is -0.120. The maximum absolute atomic E-state index is 12.3. The second kappa shape index (κ2) is 11.7. The number of rotatable bonds is 8. The topological polar surface area (TPSA) is 79.8 Å². The van der Waals surface area contributed by atoms with Gasteiger partial charge in [0.15, 0.2) is 0 Å². The van der Waals surface area contributed by atoms with Crippen molar-refractivity contribution in [2.24, 2.45) is 11.0 Å². The van der Waals surface area contributed by atoms with E-state index in [0.29, 0.717) is 23.7 Å². The van der Waals surface area contributed by atoms with Gasteiger partial charge in [0.1, 0.15) is 0 Å². The van der Waals surface area contributed by atoms with Crippen molar-refractivity contribution in [3.8, 4) is 0 Å². The first-order chi connectivity index (χ1) is 18.5. The van der Waals surface area contributed by atoms with E-state index in [1.165, 1.54) is 12.7 Å². The zero-order chi connectivity index (χ0) is 26.5. The lowest BCUT2D eigenvalue weighted by Crippen LogP contribution is -2.29. The number of hydrogen-bond donors (Lipinski definition) is 2. The molecule has 1 aliphatic heterocycles. The summed E-state index contributed by atoms with van der Waals surface area (Å²) < 4.78 is 4.83. The van der Waals surface area contributed by atoms with Crippen molar-refractivity contribution in [3.63, 3.8) is 0 Å². The van der Waals surface area contributed by atoms with Crippen LogP contribution in [0, 0.1) is 5.92 Å². The second-order valence-corrected chi connectivity index (χ2v) is 10.7. The molecule has 0 spiro atoms. The molecule has 0 radical (unpaired) electrons. The number of ether oxygens (including phenoxy) is 1. The fourth-order valence-electron chi connectivity index (χ4n) is 5.14. The summed E-state index contributed by atoms with van der Waals surface area (Å²) in [6, 6.07) is 24.2. The van der Waals surface area contributed by atoms with Crippen molar-refractivity contribution in [2.45, 2.75) is 36.6 Å². The van der Waals surface area contributed by atoms with Gasteiger partial charge in [0.25, 0.3) is 0 Å². The Morgan fingerprint density at radius 1 is 1.05 bits per heavy atom. The van der Waals surface area contributed by atoms with E-state index >= 15 is 0 Å². The molecule has 2 N–H and O–H groups in total. The van der Waals surface area contributed by atoms with E-state index in [0.717, 1.165) is 33.8 Å². The highest BCUT2D eigenvalue weighted by Crippen LogP contribution is 2.50. The number of fused-ring (bicyclic) bond motifs is 3. The van der Waals surface area contributed by atoms with Crippen LogP contribution < -0.4 is 10.7 Å². The van der Waals surface area contributed by atoms with Gasteiger partial charge in [-0.15, -0.1) is 11.8 Å². The Morgan fingerprint density at radius 2 is 1.82 bits per heavy atom. The predicted molar refractivity (Wildman–Crippen MR) is 153 cm³/mol. The van der Waals surface area contributed by atoms with Gasteiger partial charge >= 0.3 is 5.97 Å². The quantitative estimate of drug-likeness (QED) is 0.118. The van der Waals surface area contributed by atoms with Gasteiger partial charge in [0.2, 0.25) is 5.91 Å². The lowest BCUT2D eigenvalue weighted by Gasteiger charge is -2.37. The second-order valence-electron chi connectivity index (χ2n) is 9.53. The number of carbonyl (C=O) groups excluding carboxylic acids is 2. The fraction of sp³-hybridized carbons (Fsp3) is 0.258. The lowest BCUT2D eigenvalue weighted by atomic mass is 9.76. The number of nitrogens with zero attached hydrogens (tertiary/aromatic N) is 1. The number of thioether (sulfide) groups is 1. The van der Waals surface area contributed by atoms with Crippen molar-refractivity contribution < 1.29 is 14.3 Å². The molecule has 0 bridgehead atoms. The van der Waals surface area contributed by atoms with Crippen LogP contribution in [0.4, 0.5) is 5.69 Å². The molecule has 0 saturated heterocycles. The van der Waals surface area contributed by atoms with Crippen molar-refractivity contribution in [2.75, 3.05) is 18.2 Å². The van der Waals surface area contributed by atoms with Crippen LogP contribution in [0.5, 0.6) is 0 Å². The van der Waals surface area contributed by atoms with Crippen molar-refractivity contribution in [1.29, 1.82) is 0 Å². The molecule has 0 aromatic heterocycles. The standard InChI is InChI=1S/C31H31N3O3S/c1-20(33-34-29(35)17-18-38-24-7-4-3-5-8-24)23-15-16-28-27(19-23)25-9-6-10-26(25)30(32-28)21-11-13-22(14-12-21)31(36)37-2/h3-9,11-16,19,25-26,30,32H,10,17-18H2,1-2H3,(H,34,35)/b33-20-/t25-,26+,30+/m1/s1. The van der Waals surface area contributed by atoms with Gasteiger partial charge in [-0.3, -0.25) is 4.79 Å². The van der Waals surface area contributed by atoms with Gasteiger partial charge < -0.3 is 10.1 Å². The van der Waals surface area contributed by atoms with Crippen LogP contribution in [0.25, 0.3) is 0 Å². The van der Waals surface area contributed by atoms with Gasteiger partial charge in [-0.05, 0) is 72.4 Å². The molecular formula is C31H31N3O3S. The maximum atomic E-state index is 12.3. The summed E-state index contributed by atoms with van der Waals surface area (Å²) in [5.74, 6) is 0.948. The number of amides is 1. The van der Waals surface area contributed by atoms with Crippen LogP contribution in [0.3, 0.4) is 0 Å². The third-order valence-corrected chi connectivity index (χ3v) is 8.17. The molecule has 194 valence electrons. The first-order valence-electron chi connectivity index (χ1n) is 12.8. The van der Waals surface area contributed by atoms with Crippen molar-refractivity contribution in [1.82, 2.24) is 5.43 Å². The van der Waals surface area contributed by atoms with E-state index < -0.39 is 0 Å². The molecule has 3 atom stereocenters. The summed E-state index contributed by atoms with van der Waals surface area (Å²) in [6.07, 6.45) is 5.93. The number of anilines is 1. The average Bonchev–Trinajstić information content (AvgIpc) is 3.46. The Bertz CT molecular complexity index is 1370. The number of nitrogens with one attached hydrogen (secondary N) is 2. The number of esters is 1. The zero-order valence-corrected chi connectivity index (χ0v) is 22.3. The smallest absolute Gasteiger partial charge is 0.337 e. The molecule has 1 amide bonds. The number of hydrogen-bond acceptors (Lipinski definition) is 6. The molecule has 3 aromatic rings. The molecule has 6 nitrogen and oxygen atoms in total. The van der Waals surface area contributed by atoms with Gasteiger partial charge in [0, 0.05) is 28.7 Å². The minimum atomic E-state index is -0.328. The number of allylic oxidation sites excluding steroid dienone is 2. The normalized spacial score (nSPS) is 19.7. The summed E-state index contributed by atoms with van der Waals surface area (Å²) in [4.78, 5) is 25.3. The van der Waals surface area contributed by atoms with Crippen LogP contribution in [0.1, 0.15) is 58.8 Å². The number of methoxy groups -OCH3 is 1. The number of benzene rings is 3. The van der Waals surface area contributed by atoms with Crippen LogP contribution in [-0.2, 0) is 9.53 Å². The first-order valence-corrected chi connectivity index (χ1v) is 13.8. The predicted octanol–water partition coefficient (Wildman–Crippen LogP) is 6.32. The van der Waals surface area contributed by atoms with E-state index in [1.807, 2.05) is 67.6 Å². The van der Waals surface area contributed by atoms with Crippen molar-refractivity contribution in [3.05, 3.63) is 107 Å². The van der Waals surface area contributed by atoms with Crippen LogP contribution >= 0.6 is 11.8 Å².